The summed E-state index contributed by atoms with van der Waals surface area (Å²) in [6, 6.07) is -0.796. The van der Waals surface area contributed by atoms with Crippen LogP contribution in [0.2, 0.25) is 0 Å². The molecule has 0 aromatic carbocycles. The fraction of sp³-hybridized carbons (Fsp3) is 0.500. The van der Waals surface area contributed by atoms with Gasteiger partial charge in [0, 0.05) is 6.42 Å². The molecular weight excluding hydrogens is 637 g/mol. The van der Waals surface area contributed by atoms with Gasteiger partial charge in [-0.05, 0) is 11.8 Å². The minimum absolute atomic E-state index is 0.0189. The summed E-state index contributed by atoms with van der Waals surface area (Å²) < 4.78 is 55.7. The largest absolute Gasteiger partial charge is 0.388 e. The molecular formula is C20H23FN10O7P2S2. The molecule has 0 radical (unpaired) electrons. The monoisotopic (exact) mass is 660 g/mol. The van der Waals surface area contributed by atoms with Crippen LogP contribution in [0, 0.1) is 0 Å². The van der Waals surface area contributed by atoms with Crippen molar-refractivity contribution in [1.29, 1.82) is 0 Å². The number of hydrogen-bond donors (Lipinski definition) is 5. The lowest BCUT2D eigenvalue weighted by Crippen LogP contribution is -2.36. The number of nitrogens with two attached hydrogens (primary N) is 2. The molecule has 2 saturated heterocycles. The van der Waals surface area contributed by atoms with E-state index >= 15 is 4.39 Å². The zero-order chi connectivity index (χ0) is 29.6. The van der Waals surface area contributed by atoms with Gasteiger partial charge in [-0.15, -0.1) is 0 Å². The van der Waals surface area contributed by atoms with Gasteiger partial charge in [0.2, 0.25) is 0 Å². The summed E-state index contributed by atoms with van der Waals surface area (Å²) in [4.78, 5) is 36.1. The number of rotatable bonds is 2. The molecule has 6 N–H and O–H groups in total. The summed E-state index contributed by atoms with van der Waals surface area (Å²) in [5.41, 5.74) is 11.3. The molecule has 0 amide bonds. The normalized spacial score (nSPS) is 39.0. The molecule has 42 heavy (non-hydrogen) atoms. The second-order valence-electron chi connectivity index (χ2n) is 10.0. The smallest absolute Gasteiger partial charge is 0.386 e. The summed E-state index contributed by atoms with van der Waals surface area (Å²) >= 11 is 9.62. The lowest BCUT2D eigenvalue weighted by molar-refractivity contribution is -0.0358. The minimum Gasteiger partial charge on any atom is -0.388 e. The van der Waals surface area contributed by atoms with E-state index in [9.17, 15) is 14.6 Å². The molecule has 224 valence electrons. The highest BCUT2D eigenvalue weighted by atomic mass is 32.7. The van der Waals surface area contributed by atoms with E-state index < -0.39 is 68.4 Å². The SMILES string of the molecule is Nc1ncnc2c1ncn2[C@@H]1C[C@@H]2OP(O)(=S)[C@H]3[C@@H](F)[C@H](n4cnc5c(N)ncnc54)O[C@@H]3COP(=O)(S)O[C@@H]1[C@@H]2O. The predicted molar refractivity (Wildman–Crippen MR) is 151 cm³/mol. The molecule has 1 saturated carbocycles. The number of thiol groups is 1. The fourth-order valence-corrected chi connectivity index (χ4v) is 10.1. The Labute approximate surface area is 245 Å². The van der Waals surface area contributed by atoms with Crippen molar-refractivity contribution < 1.29 is 37.3 Å². The highest BCUT2D eigenvalue weighted by Gasteiger charge is 2.58. The third-order valence-corrected chi connectivity index (χ3v) is 12.1. The quantitative estimate of drug-likeness (QED) is 0.148. The Balaban J connectivity index is 1.25. The summed E-state index contributed by atoms with van der Waals surface area (Å²) in [5, 5.41) is 11.3. The van der Waals surface area contributed by atoms with Gasteiger partial charge in [-0.1, -0.05) is 12.2 Å². The number of hydrogen-bond acceptors (Lipinski definition) is 15. The number of anilines is 2. The van der Waals surface area contributed by atoms with E-state index in [0.29, 0.717) is 11.2 Å². The van der Waals surface area contributed by atoms with Crippen molar-refractivity contribution in [3.05, 3.63) is 25.3 Å². The van der Waals surface area contributed by atoms with Crippen LogP contribution in [-0.2, 0) is 34.7 Å². The minimum atomic E-state index is -4.23. The van der Waals surface area contributed by atoms with Crippen LogP contribution in [0.5, 0.6) is 0 Å². The van der Waals surface area contributed by atoms with Gasteiger partial charge in [-0.2, -0.15) is 0 Å². The summed E-state index contributed by atoms with van der Waals surface area (Å²) in [7, 11) is 0. The van der Waals surface area contributed by atoms with Crippen molar-refractivity contribution in [1.82, 2.24) is 39.0 Å². The molecule has 3 fully saturated rings. The van der Waals surface area contributed by atoms with Gasteiger partial charge in [-0.25, -0.2) is 38.9 Å². The predicted octanol–water partition coefficient (Wildman–Crippen LogP) is 0.881. The maximum Gasteiger partial charge on any atom is 0.386 e. The van der Waals surface area contributed by atoms with Crippen LogP contribution in [0.4, 0.5) is 16.0 Å². The molecule has 2 bridgehead atoms. The average molecular weight is 661 g/mol. The Morgan fingerprint density at radius 2 is 1.62 bits per heavy atom. The molecule has 10 atom stereocenters. The molecule has 2 aliphatic heterocycles. The van der Waals surface area contributed by atoms with Crippen LogP contribution in [0.25, 0.3) is 22.3 Å². The number of aliphatic hydroxyl groups excluding tert-OH is 1. The van der Waals surface area contributed by atoms with Crippen LogP contribution < -0.4 is 11.5 Å². The molecule has 4 aromatic heterocycles. The van der Waals surface area contributed by atoms with E-state index in [0.717, 1.165) is 0 Å². The zero-order valence-electron chi connectivity index (χ0n) is 21.1. The van der Waals surface area contributed by atoms with Crippen LogP contribution in [-0.4, -0.2) is 91.9 Å². The number of fused-ring (bicyclic) bond motifs is 5. The Bertz CT molecular complexity index is 1800. The summed E-state index contributed by atoms with van der Waals surface area (Å²) in [6.45, 7) is -8.88. The maximum atomic E-state index is 16.3. The van der Waals surface area contributed by atoms with Crippen molar-refractivity contribution in [2.24, 2.45) is 0 Å². The molecule has 3 aliphatic rings. The Morgan fingerprint density at radius 1 is 1.00 bits per heavy atom. The number of ether oxygens (including phenoxy) is 1. The third-order valence-electron chi connectivity index (χ3n) is 7.59. The highest BCUT2D eigenvalue weighted by Crippen LogP contribution is 2.63. The Kier molecular flexibility index (Phi) is 6.82. The molecule has 4 aromatic rings. The van der Waals surface area contributed by atoms with Crippen molar-refractivity contribution in [2.75, 3.05) is 18.1 Å². The van der Waals surface area contributed by atoms with Gasteiger partial charge < -0.3 is 35.3 Å². The van der Waals surface area contributed by atoms with Gasteiger partial charge in [0.25, 0.3) is 0 Å². The van der Waals surface area contributed by atoms with Crippen molar-refractivity contribution in [3.63, 3.8) is 0 Å². The molecule has 22 heteroatoms. The lowest BCUT2D eigenvalue weighted by Gasteiger charge is -2.30. The van der Waals surface area contributed by atoms with E-state index in [1.165, 1.54) is 29.9 Å². The number of aliphatic hydroxyl groups is 1. The van der Waals surface area contributed by atoms with E-state index in [1.54, 1.807) is 4.57 Å². The number of nitrogen functional groups attached to an aromatic ring is 2. The number of imidazole rings is 2. The van der Waals surface area contributed by atoms with Crippen molar-refractivity contribution in [2.45, 2.75) is 54.9 Å². The van der Waals surface area contributed by atoms with Crippen LogP contribution >= 0.6 is 25.5 Å². The van der Waals surface area contributed by atoms with Crippen LogP contribution in [0.1, 0.15) is 18.7 Å². The van der Waals surface area contributed by atoms with Crippen molar-refractivity contribution >= 4 is 71.3 Å². The van der Waals surface area contributed by atoms with Crippen molar-refractivity contribution in [3.8, 4) is 0 Å². The molecule has 7 rings (SSSR count). The zero-order valence-corrected chi connectivity index (χ0v) is 24.6. The van der Waals surface area contributed by atoms with Crippen LogP contribution in [0.15, 0.2) is 25.3 Å². The average Bonchev–Trinajstić information content (AvgIpc) is 3.69. The standard InChI is InChI=1S/C20H23FN10O7P2S2/c21-10-15-9(36-20(10)31-6-29-12-17(23)25-4-27-19(12)31)2-35-40(34,42)38-14-7(1-8(13(14)32)37-39(15,33)41)30-5-28-11-16(22)24-3-26-18(11)30/h3-10,13-15,20,32H,1-2H2,(H,33,41)(H,34,42)(H2,22,24,26)(H2,23,25,27)/t7-,8+,9-,10-,13-,14+,15-,20-,39?,40?/m1/s1. The Morgan fingerprint density at radius 3 is 2.29 bits per heavy atom. The van der Waals surface area contributed by atoms with Gasteiger partial charge in [0.1, 0.15) is 35.9 Å². The first-order valence-corrected chi connectivity index (χ1v) is 17.9. The number of alkyl halides is 1. The highest BCUT2D eigenvalue weighted by molar-refractivity contribution is 8.44. The maximum absolute atomic E-state index is 16.3. The molecule has 17 nitrogen and oxygen atoms in total. The first-order valence-electron chi connectivity index (χ1n) is 12.5. The van der Waals surface area contributed by atoms with Crippen LogP contribution in [0.3, 0.4) is 0 Å². The second-order valence-corrected chi connectivity index (χ2v) is 16.4. The first kappa shape index (κ1) is 28.4. The summed E-state index contributed by atoms with van der Waals surface area (Å²) in [6.07, 6.45) is -3.41. The third kappa shape index (κ3) is 4.52. The van der Waals surface area contributed by atoms with Gasteiger partial charge in [-0.3, -0.25) is 13.6 Å². The van der Waals surface area contributed by atoms with Gasteiger partial charge >= 0.3 is 6.80 Å². The fourth-order valence-electron chi connectivity index (χ4n) is 5.70. The number of aromatic nitrogens is 8. The molecule has 6 heterocycles. The molecule has 0 spiro atoms. The second kappa shape index (κ2) is 10.1. The topological polar surface area (TPSA) is 234 Å². The lowest BCUT2D eigenvalue weighted by atomic mass is 10.2. The van der Waals surface area contributed by atoms with E-state index in [-0.39, 0.29) is 29.2 Å². The number of nitrogens with zero attached hydrogens (tertiary/aromatic N) is 8. The number of halogens is 1. The first-order chi connectivity index (χ1) is 19.9. The van der Waals surface area contributed by atoms with E-state index in [2.05, 4.69) is 42.2 Å². The van der Waals surface area contributed by atoms with Gasteiger partial charge in [0.15, 0.2) is 41.8 Å². The molecule has 1 aliphatic carbocycles. The Hall–Kier alpha value is -2.38. The van der Waals surface area contributed by atoms with E-state index in [4.69, 9.17) is 41.6 Å². The summed E-state index contributed by atoms with van der Waals surface area (Å²) in [5.74, 6) is 0.204. The van der Waals surface area contributed by atoms with Gasteiger partial charge in [0.05, 0.1) is 43.2 Å². The van der Waals surface area contributed by atoms with E-state index in [1.807, 2.05) is 0 Å². The molecule has 2 unspecified atom stereocenters.